The van der Waals surface area contributed by atoms with Crippen LogP contribution in [-0.2, 0) is 0 Å². The van der Waals surface area contributed by atoms with Crippen molar-refractivity contribution in [1.29, 1.82) is 0 Å². The summed E-state index contributed by atoms with van der Waals surface area (Å²) in [6.07, 6.45) is 0. The van der Waals surface area contributed by atoms with Gasteiger partial charge in [0.25, 0.3) is 0 Å². The molecule has 0 bridgehead atoms. The summed E-state index contributed by atoms with van der Waals surface area (Å²) in [7, 11) is 7.16. The van der Waals surface area contributed by atoms with Gasteiger partial charge in [-0.2, -0.15) is 0 Å². The summed E-state index contributed by atoms with van der Waals surface area (Å²) in [6, 6.07) is 0. The van der Waals surface area contributed by atoms with Crippen LogP contribution in [0.2, 0.25) is 0 Å². The average Bonchev–Trinajstić information content (AvgIpc) is 2.31. The van der Waals surface area contributed by atoms with Gasteiger partial charge in [0, 0.05) is 49.2 Å². The molecule has 0 aliphatic rings. The molecule has 116 valence electrons. The van der Waals surface area contributed by atoms with Gasteiger partial charge in [-0.15, -0.1) is 12.4 Å². The predicted molar refractivity (Wildman–Crippen MR) is 95.2 cm³/mol. The van der Waals surface area contributed by atoms with E-state index in [0.717, 1.165) is 49.2 Å². The van der Waals surface area contributed by atoms with Gasteiger partial charge >= 0.3 is 29.6 Å². The van der Waals surface area contributed by atoms with Gasteiger partial charge in [0.05, 0.1) is 0 Å². The zero-order valence-electron chi connectivity index (χ0n) is 11.5. The van der Waals surface area contributed by atoms with Gasteiger partial charge in [0.1, 0.15) is 0 Å². The molecule has 0 aliphatic heterocycles. The van der Waals surface area contributed by atoms with Crippen molar-refractivity contribution in [2.45, 2.75) is 0 Å². The van der Waals surface area contributed by atoms with E-state index in [1.807, 2.05) is 0 Å². The summed E-state index contributed by atoms with van der Waals surface area (Å²) in [6.45, 7) is 3.06. The van der Waals surface area contributed by atoms with Gasteiger partial charge in [-0.25, -0.2) is 0 Å². The molecule has 0 aromatic rings. The molecular weight excluding hydrogens is 355 g/mol. The molecule has 0 saturated heterocycles. The van der Waals surface area contributed by atoms with Crippen molar-refractivity contribution in [3.8, 4) is 0 Å². The minimum Gasteiger partial charge on any atom is -0.870 e. The Morgan fingerprint density at radius 3 is 0.789 bits per heavy atom. The number of hydrogen-bond donors (Lipinski definition) is 4. The standard InChI is InChI=1S/2C4H12N2S2.ClH.Na.H2O/c2*5-1-3-7-8-4-2-6;;;/h2*1-6H2;1H;;1H2/q;;;+1;/p-1. The Morgan fingerprint density at radius 2 is 0.684 bits per heavy atom. The number of hydrogen-bond acceptors (Lipinski definition) is 9. The van der Waals surface area contributed by atoms with E-state index in [0.29, 0.717) is 0 Å². The second-order valence-corrected chi connectivity index (χ2v) is 7.85. The van der Waals surface area contributed by atoms with Crippen LogP contribution in [-0.4, -0.2) is 54.7 Å². The third-order valence-corrected chi connectivity index (χ3v) is 5.91. The monoisotopic (exact) mass is 380 g/mol. The molecule has 0 unspecified atom stereocenters. The van der Waals surface area contributed by atoms with E-state index in [1.54, 1.807) is 43.2 Å². The first-order chi connectivity index (χ1) is 7.83. The smallest absolute Gasteiger partial charge is 0.870 e. The molecule has 0 aliphatic carbocycles. The molecule has 0 atom stereocenters. The molecular formula is C8H26ClN4NaOS4. The Bertz CT molecular complexity index is 103. The Kier molecular flexibility index (Phi) is 64.7. The van der Waals surface area contributed by atoms with Crippen LogP contribution < -0.4 is 52.5 Å². The van der Waals surface area contributed by atoms with Gasteiger partial charge in [-0.05, 0) is 0 Å². The minimum absolute atomic E-state index is 0. The summed E-state index contributed by atoms with van der Waals surface area (Å²) in [5.41, 5.74) is 21.0. The van der Waals surface area contributed by atoms with Gasteiger partial charge < -0.3 is 28.4 Å². The SMILES string of the molecule is Cl.NCCSSCCN.NCCSSCCN.[Na+].[OH-]. The van der Waals surface area contributed by atoms with Gasteiger partial charge in [0.2, 0.25) is 0 Å². The maximum Gasteiger partial charge on any atom is 1.00 e. The Labute approximate surface area is 161 Å². The first kappa shape index (κ1) is 33.2. The van der Waals surface area contributed by atoms with Crippen molar-refractivity contribution in [3.63, 3.8) is 0 Å². The maximum absolute atomic E-state index is 5.25. The fraction of sp³-hybridized carbons (Fsp3) is 1.00. The zero-order valence-corrected chi connectivity index (χ0v) is 17.5. The van der Waals surface area contributed by atoms with E-state index in [2.05, 4.69) is 0 Å². The van der Waals surface area contributed by atoms with E-state index in [4.69, 9.17) is 22.9 Å². The summed E-state index contributed by atoms with van der Waals surface area (Å²) >= 11 is 0. The predicted octanol–water partition coefficient (Wildman–Crippen LogP) is -2.18. The molecule has 19 heavy (non-hydrogen) atoms. The van der Waals surface area contributed by atoms with Crippen LogP contribution in [0, 0.1) is 0 Å². The van der Waals surface area contributed by atoms with Crippen LogP contribution >= 0.6 is 55.6 Å². The fourth-order valence-electron chi connectivity index (χ4n) is 0.428. The second kappa shape index (κ2) is 37.1. The normalized spacial score (nSPS) is 8.21. The van der Waals surface area contributed by atoms with E-state index in [9.17, 15) is 0 Å². The first-order valence-corrected chi connectivity index (χ1v) is 10.1. The Balaban J connectivity index is -0.0000000594. The molecule has 0 saturated carbocycles. The second-order valence-electron chi connectivity index (χ2n) is 2.44. The van der Waals surface area contributed by atoms with Crippen LogP contribution in [0.3, 0.4) is 0 Å². The first-order valence-electron chi connectivity index (χ1n) is 5.12. The summed E-state index contributed by atoms with van der Waals surface area (Å²) in [4.78, 5) is 0. The van der Waals surface area contributed by atoms with E-state index in [1.165, 1.54) is 0 Å². The molecule has 5 nitrogen and oxygen atoms in total. The van der Waals surface area contributed by atoms with E-state index < -0.39 is 0 Å². The largest absolute Gasteiger partial charge is 1.00 e. The summed E-state index contributed by atoms with van der Waals surface area (Å²) in [5, 5.41) is 0. The molecule has 0 radical (unpaired) electrons. The van der Waals surface area contributed by atoms with Crippen molar-refractivity contribution in [1.82, 2.24) is 0 Å². The van der Waals surface area contributed by atoms with Crippen LogP contribution in [0.1, 0.15) is 0 Å². The van der Waals surface area contributed by atoms with Crippen LogP contribution in [0.15, 0.2) is 0 Å². The Hall–Kier alpha value is 2.49. The van der Waals surface area contributed by atoms with Gasteiger partial charge in [-0.3, -0.25) is 0 Å². The molecule has 0 aromatic heterocycles. The van der Waals surface area contributed by atoms with Crippen LogP contribution in [0.4, 0.5) is 0 Å². The molecule has 0 spiro atoms. The van der Waals surface area contributed by atoms with Gasteiger partial charge in [0.15, 0.2) is 0 Å². The number of rotatable bonds is 10. The van der Waals surface area contributed by atoms with Gasteiger partial charge in [-0.1, -0.05) is 43.2 Å². The summed E-state index contributed by atoms with van der Waals surface area (Å²) < 4.78 is 0. The zero-order chi connectivity index (χ0) is 12.5. The van der Waals surface area contributed by atoms with E-state index in [-0.39, 0.29) is 47.4 Å². The molecule has 9 N–H and O–H groups in total. The number of nitrogens with two attached hydrogens (primary N) is 4. The van der Waals surface area contributed by atoms with Crippen molar-refractivity contribution in [3.05, 3.63) is 0 Å². The van der Waals surface area contributed by atoms with Crippen LogP contribution in [0.5, 0.6) is 0 Å². The van der Waals surface area contributed by atoms with E-state index >= 15 is 0 Å². The molecule has 0 heterocycles. The van der Waals surface area contributed by atoms with Crippen LogP contribution in [0.25, 0.3) is 0 Å². The quantitative estimate of drug-likeness (QED) is 0.189. The molecule has 0 rings (SSSR count). The van der Waals surface area contributed by atoms with Crippen molar-refractivity contribution in [2.24, 2.45) is 22.9 Å². The van der Waals surface area contributed by atoms with Crippen molar-refractivity contribution >= 4 is 55.6 Å². The fourth-order valence-corrected chi connectivity index (χ4v) is 3.85. The summed E-state index contributed by atoms with van der Waals surface area (Å²) in [5.74, 6) is 4.13. The topological polar surface area (TPSA) is 134 Å². The maximum atomic E-state index is 5.25. The molecule has 0 fully saturated rings. The average molecular weight is 381 g/mol. The molecule has 0 aromatic carbocycles. The Morgan fingerprint density at radius 1 is 0.526 bits per heavy atom. The van der Waals surface area contributed by atoms with Crippen molar-refractivity contribution in [2.75, 3.05) is 49.2 Å². The third kappa shape index (κ3) is 44.9. The minimum atomic E-state index is 0. The molecule has 11 heteroatoms. The van der Waals surface area contributed by atoms with Crippen molar-refractivity contribution < 1.29 is 35.0 Å². The molecule has 0 amide bonds. The third-order valence-electron chi connectivity index (χ3n) is 0.971. The number of halogens is 1.